The van der Waals surface area contributed by atoms with Crippen molar-refractivity contribution in [2.45, 2.75) is 88.5 Å². The Balaban J connectivity index is 1.43. The quantitative estimate of drug-likeness (QED) is 0.241. The molecule has 1 aromatic rings. The first-order valence-electron chi connectivity index (χ1n) is 14.0. The molecule has 3 fully saturated rings. The largest absolute Gasteiger partial charge is 0.475 e. The van der Waals surface area contributed by atoms with Gasteiger partial charge in [0.25, 0.3) is 5.91 Å². The van der Waals surface area contributed by atoms with Gasteiger partial charge in [-0.15, -0.1) is 0 Å². The zero-order valence-corrected chi connectivity index (χ0v) is 23.9. The predicted octanol–water partition coefficient (Wildman–Crippen LogP) is 2.20. The van der Waals surface area contributed by atoms with Crippen LogP contribution in [0.3, 0.4) is 0 Å². The standard InChI is InChI=1S/C29H41BN4O6/c1-27(2,33-14-15-40-28(3,4)19-33)17-22(18-31)25(35)34-23-10-12-29(34,13-11-23)20-39-26(36)32-24(30(37)38)16-21-8-6-5-7-9-21/h5-9,17,23-24,37-38H,10-16,19-20H2,1-4H3,(H,32,36)/b22-17+/t23?,24-,29?/m0/s1. The topological polar surface area (TPSA) is 135 Å². The van der Waals surface area contributed by atoms with Gasteiger partial charge in [-0.05, 0) is 71.4 Å². The summed E-state index contributed by atoms with van der Waals surface area (Å²) in [4.78, 5) is 30.5. The first-order valence-corrected chi connectivity index (χ1v) is 14.0. The maximum absolute atomic E-state index is 13.8. The Labute approximate surface area is 237 Å². The van der Waals surface area contributed by atoms with E-state index in [9.17, 15) is 24.9 Å². The van der Waals surface area contributed by atoms with Gasteiger partial charge in [0.2, 0.25) is 0 Å². The number of carbonyl (C=O) groups is 2. The molecule has 4 rings (SSSR count). The number of benzene rings is 1. The SMILES string of the molecule is CC1(C)CN(C(C)(C)/C=C(\C#N)C(=O)N2C3CCC2(COC(=O)N[C@@H](Cc2ccccc2)B(O)O)CC3)CCO1. The summed E-state index contributed by atoms with van der Waals surface area (Å²) < 4.78 is 11.4. The van der Waals surface area contributed by atoms with Crippen LogP contribution in [0.4, 0.5) is 4.79 Å². The van der Waals surface area contributed by atoms with E-state index in [2.05, 4.69) is 16.3 Å². The second-order valence-corrected chi connectivity index (χ2v) is 12.4. The number of hydrogen-bond donors (Lipinski definition) is 3. The Kier molecular flexibility index (Phi) is 8.95. The zero-order valence-electron chi connectivity index (χ0n) is 23.9. The smallest absolute Gasteiger partial charge is 0.447 e. The van der Waals surface area contributed by atoms with E-state index in [1.165, 1.54) is 0 Å². The van der Waals surface area contributed by atoms with Gasteiger partial charge in [0.1, 0.15) is 18.2 Å². The van der Waals surface area contributed by atoms with Crippen molar-refractivity contribution >= 4 is 19.1 Å². The molecule has 10 nitrogen and oxygen atoms in total. The lowest BCUT2D eigenvalue weighted by atomic mass is 9.76. The van der Waals surface area contributed by atoms with E-state index >= 15 is 0 Å². The van der Waals surface area contributed by atoms with Gasteiger partial charge in [0, 0.05) is 24.7 Å². The van der Waals surface area contributed by atoms with E-state index in [0.29, 0.717) is 32.5 Å². The van der Waals surface area contributed by atoms with Crippen LogP contribution in [-0.4, -0.2) is 93.9 Å². The van der Waals surface area contributed by atoms with Gasteiger partial charge in [-0.2, -0.15) is 5.26 Å². The third-order valence-corrected chi connectivity index (χ3v) is 8.50. The molecule has 2 bridgehead atoms. The van der Waals surface area contributed by atoms with Gasteiger partial charge < -0.3 is 29.7 Å². The van der Waals surface area contributed by atoms with E-state index in [1.54, 1.807) is 11.0 Å². The average molecular weight is 552 g/mol. The first-order chi connectivity index (χ1) is 18.9. The third-order valence-electron chi connectivity index (χ3n) is 8.50. The Hall–Kier alpha value is -2.91. The second-order valence-electron chi connectivity index (χ2n) is 12.4. The molecule has 11 heteroatoms. The van der Waals surface area contributed by atoms with Gasteiger partial charge in [0.05, 0.1) is 23.7 Å². The highest BCUT2D eigenvalue weighted by Gasteiger charge is 2.55. The molecule has 3 aliphatic heterocycles. The highest BCUT2D eigenvalue weighted by molar-refractivity contribution is 6.43. The van der Waals surface area contributed by atoms with E-state index in [1.807, 2.05) is 58.0 Å². The predicted molar refractivity (Wildman–Crippen MR) is 150 cm³/mol. The summed E-state index contributed by atoms with van der Waals surface area (Å²) in [5.41, 5.74) is -0.619. The number of ether oxygens (including phenoxy) is 2. The summed E-state index contributed by atoms with van der Waals surface area (Å²) in [7, 11) is -1.77. The molecule has 3 heterocycles. The van der Waals surface area contributed by atoms with Crippen molar-refractivity contribution in [2.24, 2.45) is 0 Å². The minimum Gasteiger partial charge on any atom is -0.447 e. The molecule has 1 atom stereocenters. The van der Waals surface area contributed by atoms with Gasteiger partial charge in [-0.1, -0.05) is 30.3 Å². The summed E-state index contributed by atoms with van der Waals surface area (Å²) in [6, 6.07) is 11.3. The second kappa shape index (κ2) is 11.9. The van der Waals surface area contributed by atoms with E-state index < -0.39 is 30.2 Å². The molecule has 1 aromatic carbocycles. The van der Waals surface area contributed by atoms with E-state index in [-0.39, 0.29) is 36.2 Å². The van der Waals surface area contributed by atoms with Crippen molar-refractivity contribution in [3.8, 4) is 6.07 Å². The molecule has 216 valence electrons. The molecule has 0 spiro atoms. The number of rotatable bonds is 9. The number of morpholine rings is 1. The fraction of sp³-hybridized carbons (Fsp3) is 0.621. The highest BCUT2D eigenvalue weighted by atomic mass is 16.6. The van der Waals surface area contributed by atoms with Gasteiger partial charge in [0.15, 0.2) is 0 Å². The molecule has 0 saturated carbocycles. The maximum Gasteiger partial charge on any atom is 0.475 e. The summed E-state index contributed by atoms with van der Waals surface area (Å²) in [6.45, 7) is 10.00. The monoisotopic (exact) mass is 552 g/mol. The zero-order chi connectivity index (χ0) is 29.1. The van der Waals surface area contributed by atoms with Crippen LogP contribution in [0.1, 0.15) is 58.9 Å². The third kappa shape index (κ3) is 6.69. The van der Waals surface area contributed by atoms with Crippen molar-refractivity contribution in [3.63, 3.8) is 0 Å². The minimum atomic E-state index is -1.77. The molecule has 3 N–H and O–H groups in total. The number of nitrogens with zero attached hydrogens (tertiary/aromatic N) is 3. The van der Waals surface area contributed by atoms with Gasteiger partial charge >= 0.3 is 13.2 Å². The molecule has 3 aliphatic rings. The molecule has 0 aromatic heterocycles. The Bertz CT molecular complexity index is 1140. The molecule has 0 radical (unpaired) electrons. The van der Waals surface area contributed by atoms with Crippen LogP contribution in [0.15, 0.2) is 42.0 Å². The molecular weight excluding hydrogens is 511 g/mol. The van der Waals surface area contributed by atoms with E-state index in [0.717, 1.165) is 18.4 Å². The van der Waals surface area contributed by atoms with Crippen LogP contribution in [0.2, 0.25) is 0 Å². The Morgan fingerprint density at radius 1 is 1.27 bits per heavy atom. The normalized spacial score (nSPS) is 25.3. The Morgan fingerprint density at radius 3 is 2.55 bits per heavy atom. The fourth-order valence-corrected chi connectivity index (χ4v) is 6.34. The van der Waals surface area contributed by atoms with Crippen molar-refractivity contribution in [3.05, 3.63) is 47.5 Å². The number of alkyl carbamates (subject to hydrolysis) is 1. The molecule has 0 unspecified atom stereocenters. The number of nitrogens with one attached hydrogen (secondary N) is 1. The lowest BCUT2D eigenvalue weighted by Gasteiger charge is -2.45. The van der Waals surface area contributed by atoms with Crippen LogP contribution in [-0.2, 0) is 20.7 Å². The molecule has 0 aliphatic carbocycles. The summed E-state index contributed by atoms with van der Waals surface area (Å²) in [5, 5.41) is 32.2. The van der Waals surface area contributed by atoms with Crippen molar-refractivity contribution in [1.82, 2.24) is 15.1 Å². The fourth-order valence-electron chi connectivity index (χ4n) is 6.34. The lowest BCUT2D eigenvalue weighted by molar-refractivity contribution is -0.132. The molecular formula is C29H41BN4O6. The van der Waals surface area contributed by atoms with Crippen LogP contribution >= 0.6 is 0 Å². The first kappa shape index (κ1) is 30.1. The number of fused-ring (bicyclic) bond motifs is 2. The van der Waals surface area contributed by atoms with Gasteiger partial charge in [-0.25, -0.2) is 4.79 Å². The number of carbonyl (C=O) groups excluding carboxylic acids is 2. The highest BCUT2D eigenvalue weighted by Crippen LogP contribution is 2.47. The van der Waals surface area contributed by atoms with Crippen LogP contribution in [0.25, 0.3) is 0 Å². The lowest BCUT2D eigenvalue weighted by Crippen LogP contribution is -2.56. The van der Waals surface area contributed by atoms with E-state index in [4.69, 9.17) is 9.47 Å². The van der Waals surface area contributed by atoms with Crippen molar-refractivity contribution < 1.29 is 29.1 Å². The summed E-state index contributed by atoms with van der Waals surface area (Å²) in [5.74, 6) is -1.29. The number of amides is 2. The summed E-state index contributed by atoms with van der Waals surface area (Å²) in [6.07, 6.45) is 4.10. The van der Waals surface area contributed by atoms with Crippen molar-refractivity contribution in [1.29, 1.82) is 5.26 Å². The average Bonchev–Trinajstić information content (AvgIpc) is 3.45. The molecule has 2 amide bonds. The Morgan fingerprint density at radius 2 is 1.95 bits per heavy atom. The minimum absolute atomic E-state index is 0.00793. The number of hydrogen-bond acceptors (Lipinski definition) is 8. The number of nitriles is 1. The van der Waals surface area contributed by atoms with Crippen LogP contribution in [0, 0.1) is 11.3 Å². The molecule has 40 heavy (non-hydrogen) atoms. The maximum atomic E-state index is 13.8. The van der Waals surface area contributed by atoms with Crippen LogP contribution in [0.5, 0.6) is 0 Å². The van der Waals surface area contributed by atoms with Crippen molar-refractivity contribution in [2.75, 3.05) is 26.3 Å². The summed E-state index contributed by atoms with van der Waals surface area (Å²) >= 11 is 0. The molecule has 3 saturated heterocycles. The van der Waals surface area contributed by atoms with Gasteiger partial charge in [-0.3, -0.25) is 9.69 Å². The van der Waals surface area contributed by atoms with Crippen LogP contribution < -0.4 is 5.32 Å².